The Hall–Kier alpha value is -4.89. The fourth-order valence-corrected chi connectivity index (χ4v) is 4.84. The lowest BCUT2D eigenvalue weighted by Crippen LogP contribution is -2.05. The van der Waals surface area contributed by atoms with Crippen molar-refractivity contribution in [2.24, 2.45) is 0 Å². The molecule has 0 N–H and O–H groups in total. The number of benzene rings is 5. The van der Waals surface area contributed by atoms with Crippen LogP contribution in [0.5, 0.6) is 0 Å². The van der Waals surface area contributed by atoms with Gasteiger partial charge in [0, 0.05) is 17.0 Å². The lowest BCUT2D eigenvalue weighted by molar-refractivity contribution is 0.766. The zero-order valence-electron chi connectivity index (χ0n) is 22.1. The number of hydrogen-bond donors (Lipinski definition) is 0. The predicted molar refractivity (Wildman–Crippen MR) is 161 cm³/mol. The van der Waals surface area contributed by atoms with Crippen LogP contribution in [0.25, 0.3) is 56.2 Å². The average molecular weight is 504 g/mol. The standard InChI is InChI=1S/C36H29N3/c1-25(2)34-37-35(31-21-13-12-20-30(31)27-16-8-4-9-17-27)39-36(38-34)32-23-22-29(26-14-6-3-7-15-26)24-33(32)28-18-10-5-11-19-28/h3-25H,1-2H3. The number of hydrogen-bond acceptors (Lipinski definition) is 3. The first-order valence-corrected chi connectivity index (χ1v) is 13.3. The molecule has 1 aromatic heterocycles. The summed E-state index contributed by atoms with van der Waals surface area (Å²) in [6.45, 7) is 4.26. The van der Waals surface area contributed by atoms with Gasteiger partial charge in [0.1, 0.15) is 5.82 Å². The first kappa shape index (κ1) is 24.4. The molecule has 0 saturated heterocycles. The molecule has 0 amide bonds. The normalized spacial score (nSPS) is 11.1. The molecule has 0 bridgehead atoms. The maximum Gasteiger partial charge on any atom is 0.164 e. The summed E-state index contributed by atoms with van der Waals surface area (Å²) in [5, 5.41) is 0. The largest absolute Gasteiger partial charge is 0.213 e. The van der Waals surface area contributed by atoms with E-state index in [9.17, 15) is 0 Å². The number of aromatic nitrogens is 3. The van der Waals surface area contributed by atoms with Crippen LogP contribution in [0.4, 0.5) is 0 Å². The highest BCUT2D eigenvalue weighted by molar-refractivity contribution is 5.86. The van der Waals surface area contributed by atoms with Crippen LogP contribution in [-0.4, -0.2) is 15.0 Å². The highest BCUT2D eigenvalue weighted by Crippen LogP contribution is 2.36. The summed E-state index contributed by atoms with van der Waals surface area (Å²) >= 11 is 0. The van der Waals surface area contributed by atoms with Crippen molar-refractivity contribution < 1.29 is 0 Å². The Kier molecular flexibility index (Phi) is 6.80. The molecule has 188 valence electrons. The summed E-state index contributed by atoms with van der Waals surface area (Å²) in [7, 11) is 0. The van der Waals surface area contributed by atoms with Gasteiger partial charge in [-0.2, -0.15) is 0 Å². The molecule has 0 fully saturated rings. The van der Waals surface area contributed by atoms with Crippen LogP contribution in [0, 0.1) is 0 Å². The van der Waals surface area contributed by atoms with E-state index in [1.807, 2.05) is 24.3 Å². The summed E-state index contributed by atoms with van der Waals surface area (Å²) in [5.41, 5.74) is 8.79. The van der Waals surface area contributed by atoms with Crippen molar-refractivity contribution >= 4 is 0 Å². The summed E-state index contributed by atoms with van der Waals surface area (Å²) in [5.74, 6) is 2.31. The van der Waals surface area contributed by atoms with Crippen LogP contribution in [0.1, 0.15) is 25.6 Å². The SMILES string of the molecule is CC(C)c1nc(-c2ccccc2-c2ccccc2)nc(-c2ccc(-c3ccccc3)cc2-c2ccccc2)n1. The molecule has 1 heterocycles. The van der Waals surface area contributed by atoms with E-state index in [2.05, 4.69) is 123 Å². The molecule has 3 nitrogen and oxygen atoms in total. The van der Waals surface area contributed by atoms with Gasteiger partial charge in [-0.1, -0.05) is 135 Å². The fourth-order valence-electron chi connectivity index (χ4n) is 4.84. The zero-order chi connectivity index (χ0) is 26.6. The van der Waals surface area contributed by atoms with E-state index in [4.69, 9.17) is 15.0 Å². The van der Waals surface area contributed by atoms with E-state index >= 15 is 0 Å². The van der Waals surface area contributed by atoms with Gasteiger partial charge in [0.05, 0.1) is 0 Å². The van der Waals surface area contributed by atoms with E-state index in [-0.39, 0.29) is 5.92 Å². The molecule has 0 aliphatic carbocycles. The third-order valence-corrected chi connectivity index (χ3v) is 6.87. The smallest absolute Gasteiger partial charge is 0.164 e. The van der Waals surface area contributed by atoms with Gasteiger partial charge < -0.3 is 0 Å². The van der Waals surface area contributed by atoms with Crippen LogP contribution >= 0.6 is 0 Å². The molecule has 3 heteroatoms. The average Bonchev–Trinajstić information content (AvgIpc) is 3.02. The van der Waals surface area contributed by atoms with Crippen molar-refractivity contribution in [3.63, 3.8) is 0 Å². The first-order chi connectivity index (χ1) is 19.2. The minimum absolute atomic E-state index is 0.151. The van der Waals surface area contributed by atoms with Crippen LogP contribution in [0.15, 0.2) is 133 Å². The van der Waals surface area contributed by atoms with Gasteiger partial charge in [0.2, 0.25) is 0 Å². The van der Waals surface area contributed by atoms with Crippen LogP contribution in [-0.2, 0) is 0 Å². The van der Waals surface area contributed by atoms with Gasteiger partial charge in [-0.05, 0) is 45.5 Å². The molecule has 6 aromatic rings. The van der Waals surface area contributed by atoms with Crippen molar-refractivity contribution in [1.82, 2.24) is 15.0 Å². The quantitative estimate of drug-likeness (QED) is 0.227. The van der Waals surface area contributed by atoms with Crippen molar-refractivity contribution in [2.75, 3.05) is 0 Å². The Morgan fingerprint density at radius 2 is 0.846 bits per heavy atom. The maximum atomic E-state index is 5.11. The molecular formula is C36H29N3. The van der Waals surface area contributed by atoms with Crippen molar-refractivity contribution in [2.45, 2.75) is 19.8 Å². The van der Waals surface area contributed by atoms with Crippen LogP contribution in [0.2, 0.25) is 0 Å². The fraction of sp³-hybridized carbons (Fsp3) is 0.0833. The highest BCUT2D eigenvalue weighted by atomic mass is 15.0. The monoisotopic (exact) mass is 503 g/mol. The zero-order valence-corrected chi connectivity index (χ0v) is 22.1. The van der Waals surface area contributed by atoms with Crippen molar-refractivity contribution in [1.29, 1.82) is 0 Å². The molecule has 6 rings (SSSR count). The van der Waals surface area contributed by atoms with Gasteiger partial charge in [-0.25, -0.2) is 15.0 Å². The van der Waals surface area contributed by atoms with Gasteiger partial charge >= 0.3 is 0 Å². The molecule has 0 aliphatic heterocycles. The first-order valence-electron chi connectivity index (χ1n) is 13.3. The van der Waals surface area contributed by atoms with Crippen LogP contribution < -0.4 is 0 Å². The van der Waals surface area contributed by atoms with E-state index in [0.717, 1.165) is 44.8 Å². The Labute approximate surface area is 229 Å². The Morgan fingerprint density at radius 3 is 1.41 bits per heavy atom. The molecule has 0 aliphatic rings. The number of nitrogens with zero attached hydrogens (tertiary/aromatic N) is 3. The summed E-state index contributed by atoms with van der Waals surface area (Å²) in [6, 6.07) is 46.2. The van der Waals surface area contributed by atoms with Gasteiger partial charge in [-0.3, -0.25) is 0 Å². The van der Waals surface area contributed by atoms with Crippen LogP contribution in [0.3, 0.4) is 0 Å². The predicted octanol–water partition coefficient (Wildman–Crippen LogP) is 9.33. The summed E-state index contributed by atoms with van der Waals surface area (Å²) in [4.78, 5) is 15.1. The molecule has 0 atom stereocenters. The molecule has 0 saturated carbocycles. The van der Waals surface area contributed by atoms with E-state index in [0.29, 0.717) is 11.6 Å². The minimum atomic E-state index is 0.151. The molecule has 5 aromatic carbocycles. The van der Waals surface area contributed by atoms with E-state index in [1.54, 1.807) is 0 Å². The second-order valence-electron chi connectivity index (χ2n) is 9.90. The Bertz CT molecular complexity index is 1710. The molecule has 39 heavy (non-hydrogen) atoms. The van der Waals surface area contributed by atoms with Gasteiger partial charge in [0.25, 0.3) is 0 Å². The minimum Gasteiger partial charge on any atom is -0.213 e. The molecular weight excluding hydrogens is 474 g/mol. The molecule has 0 unspecified atom stereocenters. The maximum absolute atomic E-state index is 5.11. The Balaban J connectivity index is 1.56. The third kappa shape index (κ3) is 5.12. The van der Waals surface area contributed by atoms with E-state index < -0.39 is 0 Å². The third-order valence-electron chi connectivity index (χ3n) is 6.87. The van der Waals surface area contributed by atoms with Crippen molar-refractivity contribution in [3.05, 3.63) is 139 Å². The van der Waals surface area contributed by atoms with Crippen molar-refractivity contribution in [3.8, 4) is 56.2 Å². The molecule has 0 radical (unpaired) electrons. The second kappa shape index (κ2) is 10.8. The van der Waals surface area contributed by atoms with Gasteiger partial charge in [0.15, 0.2) is 11.6 Å². The summed E-state index contributed by atoms with van der Waals surface area (Å²) < 4.78 is 0. The summed E-state index contributed by atoms with van der Waals surface area (Å²) in [6.07, 6.45) is 0. The Morgan fingerprint density at radius 1 is 0.385 bits per heavy atom. The second-order valence-corrected chi connectivity index (χ2v) is 9.90. The van der Waals surface area contributed by atoms with Gasteiger partial charge in [-0.15, -0.1) is 0 Å². The lowest BCUT2D eigenvalue weighted by atomic mass is 9.94. The highest BCUT2D eigenvalue weighted by Gasteiger charge is 2.18. The molecule has 0 spiro atoms. The van der Waals surface area contributed by atoms with E-state index in [1.165, 1.54) is 5.56 Å². The number of rotatable bonds is 6. The lowest BCUT2D eigenvalue weighted by Gasteiger charge is -2.15. The topological polar surface area (TPSA) is 38.7 Å².